The average molecular weight is 685 g/mol. The van der Waals surface area contributed by atoms with Crippen LogP contribution in [0.15, 0.2) is 54.6 Å². The number of hydrogen-bond donors (Lipinski definition) is 6. The standard InChI is InChI=1S/C39H44N2O9/c1-4-40-20-50-30-16-28(46-2)24-10-11-25-33-27(41-39(45)36(30)35(24)33)15-29-34(25)37(43)26(19-49-29)23-13-31(47-3)38(44)32(14-23)48-18-22(17-42)12-21-8-6-5-7-9-21/h5-9,13-16,22,26,37,39-45H,4,10-12,17-20H2,1-3H3. The van der Waals surface area contributed by atoms with E-state index in [-0.39, 0.29) is 49.7 Å². The van der Waals surface area contributed by atoms with Crippen LogP contribution in [0.2, 0.25) is 0 Å². The number of aliphatic hydroxyl groups is 3. The zero-order chi connectivity index (χ0) is 34.9. The Bertz CT molecular complexity index is 1870. The molecule has 3 aliphatic rings. The van der Waals surface area contributed by atoms with Crippen molar-refractivity contribution in [3.8, 4) is 45.6 Å². The van der Waals surface area contributed by atoms with Crippen LogP contribution in [0.1, 0.15) is 58.6 Å². The third-order valence-electron chi connectivity index (χ3n) is 9.98. The average Bonchev–Trinajstić information content (AvgIpc) is 3.13. The Hall–Kier alpha value is -4.68. The van der Waals surface area contributed by atoms with E-state index in [0.717, 1.165) is 34.4 Å². The normalized spacial score (nSPS) is 19.0. The first-order valence-corrected chi connectivity index (χ1v) is 17.1. The third kappa shape index (κ3) is 6.04. The largest absolute Gasteiger partial charge is 0.502 e. The first-order chi connectivity index (χ1) is 24.4. The molecule has 4 aromatic rings. The lowest BCUT2D eigenvalue weighted by atomic mass is 9.74. The summed E-state index contributed by atoms with van der Waals surface area (Å²) in [6.45, 7) is 3.23. The summed E-state index contributed by atoms with van der Waals surface area (Å²) >= 11 is 0. The molecular formula is C39H44N2O9. The smallest absolute Gasteiger partial charge is 0.200 e. The highest BCUT2D eigenvalue weighted by molar-refractivity contribution is 5.93. The van der Waals surface area contributed by atoms with Gasteiger partial charge in [-0.2, -0.15) is 0 Å². The maximum atomic E-state index is 12.2. The second-order valence-corrected chi connectivity index (χ2v) is 13.0. The quantitative estimate of drug-likeness (QED) is 0.0837. The van der Waals surface area contributed by atoms with Crippen molar-refractivity contribution >= 4 is 5.69 Å². The van der Waals surface area contributed by atoms with E-state index in [1.54, 1.807) is 19.2 Å². The third-order valence-corrected chi connectivity index (χ3v) is 9.98. The number of aromatic hydroxyl groups is 1. The van der Waals surface area contributed by atoms with Gasteiger partial charge < -0.3 is 49.4 Å². The molecule has 4 unspecified atom stereocenters. The fourth-order valence-electron chi connectivity index (χ4n) is 7.49. The van der Waals surface area contributed by atoms with Crippen molar-refractivity contribution in [1.29, 1.82) is 0 Å². The number of ether oxygens (including phenoxy) is 5. The van der Waals surface area contributed by atoms with Gasteiger partial charge in [-0.05, 0) is 54.6 Å². The van der Waals surface area contributed by atoms with Crippen LogP contribution in [0.5, 0.6) is 34.5 Å². The summed E-state index contributed by atoms with van der Waals surface area (Å²) in [6, 6.07) is 17.0. The SMILES string of the molecule is CCNCOc1cc(OC)c2c3c1C(O)Nc1cc4c(c(c1-3)CC2)C(O)C(c1cc(OC)c(O)c(OCC(CO)Cc2ccccc2)c1)CO4. The molecule has 11 heteroatoms. The van der Waals surface area contributed by atoms with E-state index < -0.39 is 18.2 Å². The van der Waals surface area contributed by atoms with E-state index in [9.17, 15) is 20.4 Å². The molecule has 11 nitrogen and oxygen atoms in total. The summed E-state index contributed by atoms with van der Waals surface area (Å²) in [7, 11) is 3.10. The second kappa shape index (κ2) is 14.3. The number of nitrogens with one attached hydrogen (secondary N) is 2. The molecule has 50 heavy (non-hydrogen) atoms. The van der Waals surface area contributed by atoms with Crippen LogP contribution in [0.4, 0.5) is 5.69 Å². The van der Waals surface area contributed by atoms with Crippen LogP contribution in [0.25, 0.3) is 11.1 Å². The number of aliphatic hydroxyl groups excluding tert-OH is 3. The van der Waals surface area contributed by atoms with Gasteiger partial charge in [0.25, 0.3) is 0 Å². The highest BCUT2D eigenvalue weighted by Gasteiger charge is 2.41. The van der Waals surface area contributed by atoms with Gasteiger partial charge in [-0.15, -0.1) is 0 Å². The lowest BCUT2D eigenvalue weighted by molar-refractivity contribution is 0.0876. The van der Waals surface area contributed by atoms with Crippen molar-refractivity contribution in [3.63, 3.8) is 0 Å². The van der Waals surface area contributed by atoms with E-state index in [1.807, 2.05) is 49.4 Å². The molecule has 2 aliphatic heterocycles. The van der Waals surface area contributed by atoms with Crippen LogP contribution >= 0.6 is 0 Å². The Balaban J connectivity index is 1.24. The van der Waals surface area contributed by atoms with Gasteiger partial charge in [-0.1, -0.05) is 37.3 Å². The second-order valence-electron chi connectivity index (χ2n) is 13.0. The predicted molar refractivity (Wildman–Crippen MR) is 188 cm³/mol. The number of phenols is 1. The summed E-state index contributed by atoms with van der Waals surface area (Å²) in [5.41, 5.74) is 7.44. The molecule has 0 spiro atoms. The van der Waals surface area contributed by atoms with Crippen molar-refractivity contribution in [2.45, 2.75) is 44.4 Å². The fourth-order valence-corrected chi connectivity index (χ4v) is 7.49. The molecule has 7 rings (SSSR count). The molecule has 0 fully saturated rings. The zero-order valence-corrected chi connectivity index (χ0v) is 28.5. The Labute approximate surface area is 291 Å². The Morgan fingerprint density at radius 3 is 2.40 bits per heavy atom. The molecule has 0 aromatic heterocycles. The lowest BCUT2D eigenvalue weighted by Gasteiger charge is -2.39. The van der Waals surface area contributed by atoms with E-state index in [0.29, 0.717) is 58.9 Å². The molecule has 4 atom stereocenters. The number of benzene rings is 4. The number of hydrogen-bond acceptors (Lipinski definition) is 11. The minimum absolute atomic E-state index is 0.0859. The molecule has 2 heterocycles. The van der Waals surface area contributed by atoms with Crippen LogP contribution in [0.3, 0.4) is 0 Å². The summed E-state index contributed by atoms with van der Waals surface area (Å²) in [5, 5.41) is 51.0. The Morgan fingerprint density at radius 2 is 1.66 bits per heavy atom. The molecular weight excluding hydrogens is 640 g/mol. The number of anilines is 1. The van der Waals surface area contributed by atoms with Crippen molar-refractivity contribution < 1.29 is 44.1 Å². The van der Waals surface area contributed by atoms with E-state index in [2.05, 4.69) is 10.6 Å². The number of methoxy groups -OCH3 is 2. The van der Waals surface area contributed by atoms with Gasteiger partial charge in [0.2, 0.25) is 5.75 Å². The van der Waals surface area contributed by atoms with Gasteiger partial charge in [-0.25, -0.2) is 0 Å². The molecule has 0 saturated carbocycles. The van der Waals surface area contributed by atoms with E-state index >= 15 is 0 Å². The summed E-state index contributed by atoms with van der Waals surface area (Å²) < 4.78 is 29.9. The zero-order valence-electron chi connectivity index (χ0n) is 28.5. The number of rotatable bonds is 13. The van der Waals surface area contributed by atoms with Gasteiger partial charge in [0, 0.05) is 58.5 Å². The van der Waals surface area contributed by atoms with Crippen LogP contribution in [0, 0.1) is 5.92 Å². The summed E-state index contributed by atoms with van der Waals surface area (Å²) in [6.07, 6.45) is -0.124. The maximum absolute atomic E-state index is 12.2. The van der Waals surface area contributed by atoms with Crippen LogP contribution < -0.4 is 34.3 Å². The number of fused-ring (bicyclic) bond motifs is 2. The van der Waals surface area contributed by atoms with Gasteiger partial charge in [0.05, 0.1) is 39.1 Å². The first kappa shape index (κ1) is 33.8. The predicted octanol–water partition coefficient (Wildman–Crippen LogP) is 4.98. The molecule has 264 valence electrons. The minimum Gasteiger partial charge on any atom is -0.502 e. The molecule has 6 N–H and O–H groups in total. The van der Waals surface area contributed by atoms with Gasteiger partial charge in [0.1, 0.15) is 24.0 Å². The van der Waals surface area contributed by atoms with Crippen LogP contribution in [-0.4, -0.2) is 67.7 Å². The summed E-state index contributed by atoms with van der Waals surface area (Å²) in [4.78, 5) is 0. The van der Waals surface area contributed by atoms with Crippen molar-refractivity contribution in [2.24, 2.45) is 5.92 Å². The number of phenolic OH excluding ortho intramolecular Hbond substituents is 1. The minimum atomic E-state index is -1.02. The van der Waals surface area contributed by atoms with Crippen molar-refractivity contribution in [3.05, 3.63) is 88.0 Å². The maximum Gasteiger partial charge on any atom is 0.200 e. The molecule has 0 saturated heterocycles. The monoisotopic (exact) mass is 684 g/mol. The molecule has 4 aromatic carbocycles. The van der Waals surface area contributed by atoms with Crippen LogP contribution in [-0.2, 0) is 19.3 Å². The Morgan fingerprint density at radius 1 is 0.900 bits per heavy atom. The molecule has 0 amide bonds. The van der Waals surface area contributed by atoms with Crippen molar-refractivity contribution in [2.75, 3.05) is 52.6 Å². The van der Waals surface area contributed by atoms with Gasteiger partial charge in [-0.3, -0.25) is 5.32 Å². The Kier molecular flexibility index (Phi) is 9.65. The van der Waals surface area contributed by atoms with Gasteiger partial charge >= 0.3 is 0 Å². The van der Waals surface area contributed by atoms with E-state index in [1.165, 1.54) is 7.11 Å². The highest BCUT2D eigenvalue weighted by atomic mass is 16.5. The fraction of sp³-hybridized carbons (Fsp3) is 0.385. The molecule has 1 aliphatic carbocycles. The van der Waals surface area contributed by atoms with E-state index in [4.69, 9.17) is 23.7 Å². The first-order valence-electron chi connectivity index (χ1n) is 17.1. The summed E-state index contributed by atoms with van der Waals surface area (Å²) in [5.74, 6) is 1.29. The van der Waals surface area contributed by atoms with Gasteiger partial charge in [0.15, 0.2) is 17.7 Å². The topological polar surface area (TPSA) is 151 Å². The lowest BCUT2D eigenvalue weighted by Crippen LogP contribution is -2.29. The molecule has 0 bridgehead atoms. The van der Waals surface area contributed by atoms with Crippen molar-refractivity contribution in [1.82, 2.24) is 5.32 Å². The highest BCUT2D eigenvalue weighted by Crippen LogP contribution is 2.57. The molecule has 0 radical (unpaired) electrons.